The van der Waals surface area contributed by atoms with Gasteiger partial charge in [0.1, 0.15) is 5.75 Å². The third-order valence-corrected chi connectivity index (χ3v) is 3.96. The summed E-state index contributed by atoms with van der Waals surface area (Å²) >= 11 is 0. The van der Waals surface area contributed by atoms with Crippen molar-refractivity contribution < 1.29 is 17.9 Å². The molecular formula is C12H14N2O4S. The number of fused-ring (bicyclic) bond motifs is 1. The number of amides is 1. The predicted octanol–water partition coefficient (Wildman–Crippen LogP) is 0.872. The quantitative estimate of drug-likeness (QED) is 0.803. The van der Waals surface area contributed by atoms with Gasteiger partial charge in [-0.05, 0) is 18.2 Å². The second-order valence-electron chi connectivity index (χ2n) is 3.95. The van der Waals surface area contributed by atoms with Gasteiger partial charge in [-0.1, -0.05) is 6.08 Å². The van der Waals surface area contributed by atoms with Crippen LogP contribution in [0.3, 0.4) is 0 Å². The standard InChI is InChI=1S/C12H14N2O4S/c1-2-6-13-19(16,17)9-3-4-11-10(8-9)14-12(15)5-7-18-11/h2-4,8,13H,1,5-7H2,(H,14,15). The Bertz CT molecular complexity index is 610. The van der Waals surface area contributed by atoms with E-state index in [0.717, 1.165) is 0 Å². The van der Waals surface area contributed by atoms with Gasteiger partial charge in [0.2, 0.25) is 15.9 Å². The molecular weight excluding hydrogens is 268 g/mol. The minimum Gasteiger partial charge on any atom is -0.491 e. The molecule has 0 atom stereocenters. The van der Waals surface area contributed by atoms with Crippen LogP contribution in [0, 0.1) is 0 Å². The molecule has 1 aliphatic heterocycles. The number of sulfonamides is 1. The summed E-state index contributed by atoms with van der Waals surface area (Å²) < 4.78 is 31.6. The summed E-state index contributed by atoms with van der Waals surface area (Å²) in [5.74, 6) is 0.265. The Morgan fingerprint density at radius 2 is 2.26 bits per heavy atom. The van der Waals surface area contributed by atoms with Gasteiger partial charge < -0.3 is 10.1 Å². The lowest BCUT2D eigenvalue weighted by Crippen LogP contribution is -2.23. The fraction of sp³-hybridized carbons (Fsp3) is 0.250. The fourth-order valence-electron chi connectivity index (χ4n) is 1.62. The molecule has 1 aliphatic rings. The van der Waals surface area contributed by atoms with Crippen LogP contribution >= 0.6 is 0 Å². The molecule has 1 heterocycles. The van der Waals surface area contributed by atoms with Crippen molar-refractivity contribution in [2.24, 2.45) is 0 Å². The maximum absolute atomic E-state index is 11.9. The van der Waals surface area contributed by atoms with E-state index in [0.29, 0.717) is 11.4 Å². The summed E-state index contributed by atoms with van der Waals surface area (Å²) in [5, 5.41) is 2.61. The molecule has 0 fully saturated rings. The molecule has 0 aromatic heterocycles. The minimum atomic E-state index is -3.61. The van der Waals surface area contributed by atoms with Gasteiger partial charge >= 0.3 is 0 Å². The van der Waals surface area contributed by atoms with E-state index >= 15 is 0 Å². The van der Waals surface area contributed by atoms with Gasteiger partial charge in [-0.3, -0.25) is 4.79 Å². The number of ether oxygens (including phenoxy) is 1. The lowest BCUT2D eigenvalue weighted by Gasteiger charge is -2.10. The molecule has 0 saturated carbocycles. The Morgan fingerprint density at radius 1 is 1.47 bits per heavy atom. The lowest BCUT2D eigenvalue weighted by molar-refractivity contribution is -0.116. The molecule has 0 saturated heterocycles. The summed E-state index contributed by atoms with van der Waals surface area (Å²) in [6.07, 6.45) is 1.69. The van der Waals surface area contributed by atoms with E-state index in [-0.39, 0.29) is 30.4 Å². The van der Waals surface area contributed by atoms with Crippen LogP contribution in [0.4, 0.5) is 5.69 Å². The second kappa shape index (κ2) is 5.41. The van der Waals surface area contributed by atoms with Crippen molar-refractivity contribution in [3.63, 3.8) is 0 Å². The number of hydrogen-bond acceptors (Lipinski definition) is 4. The van der Waals surface area contributed by atoms with Crippen molar-refractivity contribution in [3.8, 4) is 5.75 Å². The molecule has 1 aromatic rings. The zero-order chi connectivity index (χ0) is 13.9. The average Bonchev–Trinajstić information content (AvgIpc) is 2.56. The summed E-state index contributed by atoms with van der Waals surface area (Å²) in [7, 11) is -3.61. The van der Waals surface area contributed by atoms with Crippen molar-refractivity contribution in [2.75, 3.05) is 18.5 Å². The van der Waals surface area contributed by atoms with Crippen LogP contribution in [0.25, 0.3) is 0 Å². The van der Waals surface area contributed by atoms with E-state index in [4.69, 9.17) is 4.74 Å². The van der Waals surface area contributed by atoms with E-state index in [1.165, 1.54) is 24.3 Å². The van der Waals surface area contributed by atoms with Crippen molar-refractivity contribution in [1.29, 1.82) is 0 Å². The molecule has 0 spiro atoms. The lowest BCUT2D eigenvalue weighted by atomic mass is 10.3. The third-order valence-electron chi connectivity index (χ3n) is 2.54. The summed E-state index contributed by atoms with van der Waals surface area (Å²) in [6, 6.07) is 4.34. The first-order valence-corrected chi connectivity index (χ1v) is 7.18. The van der Waals surface area contributed by atoms with Gasteiger partial charge in [0.05, 0.1) is 23.6 Å². The van der Waals surface area contributed by atoms with E-state index < -0.39 is 10.0 Å². The molecule has 102 valence electrons. The number of hydrogen-bond donors (Lipinski definition) is 2. The molecule has 1 amide bonds. The van der Waals surface area contributed by atoms with Gasteiger partial charge in [-0.2, -0.15) is 0 Å². The highest BCUT2D eigenvalue weighted by Crippen LogP contribution is 2.29. The van der Waals surface area contributed by atoms with Crippen LogP contribution in [0.5, 0.6) is 5.75 Å². The SMILES string of the molecule is C=CCNS(=O)(=O)c1ccc2c(c1)NC(=O)CCO2. The second-order valence-corrected chi connectivity index (χ2v) is 5.71. The summed E-state index contributed by atoms with van der Waals surface area (Å²) in [4.78, 5) is 11.5. The van der Waals surface area contributed by atoms with Gasteiger partial charge in [0.15, 0.2) is 0 Å². The highest BCUT2D eigenvalue weighted by molar-refractivity contribution is 7.89. The van der Waals surface area contributed by atoms with E-state index in [1.807, 2.05) is 0 Å². The Labute approximate surface area is 111 Å². The summed E-state index contributed by atoms with van der Waals surface area (Å²) in [6.45, 7) is 3.86. The van der Waals surface area contributed by atoms with Gasteiger partial charge in [-0.25, -0.2) is 13.1 Å². The highest BCUT2D eigenvalue weighted by Gasteiger charge is 2.19. The topological polar surface area (TPSA) is 84.5 Å². The largest absolute Gasteiger partial charge is 0.491 e. The summed E-state index contributed by atoms with van der Waals surface area (Å²) in [5.41, 5.74) is 0.365. The molecule has 19 heavy (non-hydrogen) atoms. The van der Waals surface area contributed by atoms with Crippen molar-refractivity contribution in [3.05, 3.63) is 30.9 Å². The molecule has 0 aliphatic carbocycles. The van der Waals surface area contributed by atoms with Gasteiger partial charge in [0, 0.05) is 6.54 Å². The average molecular weight is 282 g/mol. The number of carbonyl (C=O) groups excluding carboxylic acids is 1. The van der Waals surface area contributed by atoms with Gasteiger partial charge in [-0.15, -0.1) is 6.58 Å². The van der Waals surface area contributed by atoms with Crippen LogP contribution in [0.15, 0.2) is 35.7 Å². The molecule has 1 aromatic carbocycles. The predicted molar refractivity (Wildman–Crippen MR) is 70.6 cm³/mol. The molecule has 6 nitrogen and oxygen atoms in total. The van der Waals surface area contributed by atoms with Crippen LogP contribution in [0.2, 0.25) is 0 Å². The monoisotopic (exact) mass is 282 g/mol. The Hall–Kier alpha value is -1.86. The van der Waals surface area contributed by atoms with E-state index in [1.54, 1.807) is 0 Å². The number of rotatable bonds is 4. The van der Waals surface area contributed by atoms with E-state index in [9.17, 15) is 13.2 Å². The third kappa shape index (κ3) is 3.12. The Kier molecular flexibility index (Phi) is 3.87. The van der Waals surface area contributed by atoms with Crippen molar-refractivity contribution >= 4 is 21.6 Å². The first kappa shape index (κ1) is 13.6. The van der Waals surface area contributed by atoms with Crippen molar-refractivity contribution in [1.82, 2.24) is 4.72 Å². The molecule has 2 N–H and O–H groups in total. The normalized spacial score (nSPS) is 14.8. The fourth-order valence-corrected chi connectivity index (χ4v) is 2.64. The number of benzene rings is 1. The van der Waals surface area contributed by atoms with Crippen LogP contribution in [-0.4, -0.2) is 27.5 Å². The maximum atomic E-state index is 11.9. The maximum Gasteiger partial charge on any atom is 0.240 e. The molecule has 0 bridgehead atoms. The van der Waals surface area contributed by atoms with Gasteiger partial charge in [0.25, 0.3) is 0 Å². The van der Waals surface area contributed by atoms with Crippen LogP contribution in [-0.2, 0) is 14.8 Å². The van der Waals surface area contributed by atoms with Crippen molar-refractivity contribution in [2.45, 2.75) is 11.3 Å². The number of carbonyl (C=O) groups is 1. The van der Waals surface area contributed by atoms with Crippen LogP contribution < -0.4 is 14.8 Å². The number of nitrogens with one attached hydrogen (secondary N) is 2. The minimum absolute atomic E-state index is 0.0684. The molecule has 7 heteroatoms. The first-order valence-electron chi connectivity index (χ1n) is 5.70. The van der Waals surface area contributed by atoms with E-state index in [2.05, 4.69) is 16.6 Å². The molecule has 0 unspecified atom stereocenters. The van der Waals surface area contributed by atoms with Crippen LogP contribution in [0.1, 0.15) is 6.42 Å². The Balaban J connectivity index is 2.35. The first-order chi connectivity index (χ1) is 9.03. The molecule has 2 rings (SSSR count). The zero-order valence-electron chi connectivity index (χ0n) is 10.2. The Morgan fingerprint density at radius 3 is 3.00 bits per heavy atom. The smallest absolute Gasteiger partial charge is 0.240 e. The zero-order valence-corrected chi connectivity index (χ0v) is 11.0. The highest BCUT2D eigenvalue weighted by atomic mass is 32.2. The number of anilines is 1. The molecule has 0 radical (unpaired) electrons.